The first-order valence-electron chi connectivity index (χ1n) is 7.57. The van der Waals surface area contributed by atoms with Gasteiger partial charge in [-0.25, -0.2) is 0 Å². The molecule has 0 unspecified atom stereocenters. The average Bonchev–Trinajstić information content (AvgIpc) is 2.52. The molecule has 0 spiro atoms. The Bertz CT molecular complexity index is 658. The summed E-state index contributed by atoms with van der Waals surface area (Å²) in [7, 11) is 0. The zero-order valence-electron chi connectivity index (χ0n) is 13.5. The van der Waals surface area contributed by atoms with Crippen molar-refractivity contribution in [1.29, 1.82) is 0 Å². The Morgan fingerprint density at radius 2 is 1.96 bits per heavy atom. The van der Waals surface area contributed by atoms with E-state index in [0.717, 1.165) is 11.3 Å². The summed E-state index contributed by atoms with van der Waals surface area (Å²) in [6, 6.07) is 13.4. The Kier molecular flexibility index (Phi) is 6.29. The molecular formula is C18H21ClN2O2. The van der Waals surface area contributed by atoms with Crippen LogP contribution in [-0.2, 0) is 0 Å². The Balaban J connectivity index is 2.19. The van der Waals surface area contributed by atoms with Crippen LogP contribution in [0.3, 0.4) is 0 Å². The molecular weight excluding hydrogens is 312 g/mol. The van der Waals surface area contributed by atoms with E-state index in [1.807, 2.05) is 57.2 Å². The van der Waals surface area contributed by atoms with Crippen molar-refractivity contribution in [2.45, 2.75) is 26.9 Å². The Labute approximate surface area is 142 Å². The second-order valence-corrected chi connectivity index (χ2v) is 5.57. The monoisotopic (exact) mass is 332 g/mol. The van der Waals surface area contributed by atoms with E-state index in [1.54, 1.807) is 12.3 Å². The van der Waals surface area contributed by atoms with Crippen molar-refractivity contribution in [2.24, 2.45) is 5.10 Å². The number of rotatable bonds is 7. The van der Waals surface area contributed by atoms with Crippen molar-refractivity contribution in [2.75, 3.05) is 12.0 Å². The molecule has 2 rings (SSSR count). The first kappa shape index (κ1) is 17.2. The normalized spacial score (nSPS) is 11.0. The average molecular weight is 333 g/mol. The minimum atomic E-state index is 0.0194. The molecule has 0 heterocycles. The number of para-hydroxylation sites is 1. The molecule has 0 amide bonds. The molecule has 0 saturated heterocycles. The maximum atomic E-state index is 6.32. The van der Waals surface area contributed by atoms with Crippen LogP contribution in [0.2, 0.25) is 5.02 Å². The van der Waals surface area contributed by atoms with Gasteiger partial charge in [-0.2, -0.15) is 5.10 Å². The molecule has 0 aromatic heterocycles. The fourth-order valence-electron chi connectivity index (χ4n) is 1.97. The lowest BCUT2D eigenvalue weighted by atomic mass is 10.2. The van der Waals surface area contributed by atoms with E-state index >= 15 is 0 Å². The lowest BCUT2D eigenvalue weighted by Crippen LogP contribution is -2.08. The highest BCUT2D eigenvalue weighted by Crippen LogP contribution is 2.37. The van der Waals surface area contributed by atoms with E-state index in [4.69, 9.17) is 21.1 Å². The maximum Gasteiger partial charge on any atom is 0.180 e. The van der Waals surface area contributed by atoms with Crippen molar-refractivity contribution in [3.05, 3.63) is 53.1 Å². The molecule has 0 bridgehead atoms. The SMILES string of the molecule is CCOc1cc(/C=N/Nc2ccccc2)cc(Cl)c1OC(C)C. The summed E-state index contributed by atoms with van der Waals surface area (Å²) < 4.78 is 11.4. The van der Waals surface area contributed by atoms with Crippen LogP contribution < -0.4 is 14.9 Å². The van der Waals surface area contributed by atoms with Gasteiger partial charge in [-0.05, 0) is 50.6 Å². The van der Waals surface area contributed by atoms with Crippen molar-refractivity contribution < 1.29 is 9.47 Å². The highest BCUT2D eigenvalue weighted by Gasteiger charge is 2.13. The molecule has 4 nitrogen and oxygen atoms in total. The standard InChI is InChI=1S/C18H21ClN2O2/c1-4-22-17-11-14(10-16(19)18(17)23-13(2)3)12-20-21-15-8-6-5-7-9-15/h5-13,21H,4H2,1-3H3/b20-12+. The smallest absolute Gasteiger partial charge is 0.180 e. The predicted octanol–water partition coefficient (Wildman–Crippen LogP) is 4.97. The second kappa shape index (κ2) is 8.44. The van der Waals surface area contributed by atoms with Gasteiger partial charge in [0.2, 0.25) is 0 Å². The van der Waals surface area contributed by atoms with Crippen molar-refractivity contribution in [1.82, 2.24) is 0 Å². The second-order valence-electron chi connectivity index (χ2n) is 5.17. The number of halogens is 1. The summed E-state index contributed by atoms with van der Waals surface area (Å²) >= 11 is 6.32. The van der Waals surface area contributed by atoms with Crippen LogP contribution >= 0.6 is 11.6 Å². The number of benzene rings is 2. The summed E-state index contributed by atoms with van der Waals surface area (Å²) in [6.07, 6.45) is 1.71. The fourth-order valence-corrected chi connectivity index (χ4v) is 2.23. The van der Waals surface area contributed by atoms with E-state index in [1.165, 1.54) is 0 Å². The van der Waals surface area contributed by atoms with Gasteiger partial charge in [0, 0.05) is 0 Å². The molecule has 0 aliphatic rings. The third kappa shape index (κ3) is 5.18. The summed E-state index contributed by atoms with van der Waals surface area (Å²) in [5, 5.41) is 4.72. The molecule has 5 heteroatoms. The van der Waals surface area contributed by atoms with Crippen LogP contribution in [0, 0.1) is 0 Å². The Hall–Kier alpha value is -2.20. The molecule has 2 aromatic carbocycles. The highest BCUT2D eigenvalue weighted by molar-refractivity contribution is 6.32. The molecule has 0 atom stereocenters. The van der Waals surface area contributed by atoms with Crippen LogP contribution in [0.1, 0.15) is 26.3 Å². The first-order chi connectivity index (χ1) is 11.1. The van der Waals surface area contributed by atoms with Gasteiger partial charge in [0.15, 0.2) is 11.5 Å². The molecule has 122 valence electrons. The van der Waals surface area contributed by atoms with Crippen LogP contribution in [0.15, 0.2) is 47.6 Å². The van der Waals surface area contributed by atoms with E-state index in [-0.39, 0.29) is 6.10 Å². The predicted molar refractivity (Wildman–Crippen MR) is 96.0 cm³/mol. The van der Waals surface area contributed by atoms with Crippen molar-refractivity contribution in [3.63, 3.8) is 0 Å². The summed E-state index contributed by atoms with van der Waals surface area (Å²) in [5.74, 6) is 1.19. The van der Waals surface area contributed by atoms with Crippen molar-refractivity contribution in [3.8, 4) is 11.5 Å². The number of anilines is 1. The van der Waals surface area contributed by atoms with Gasteiger partial charge >= 0.3 is 0 Å². The lowest BCUT2D eigenvalue weighted by molar-refractivity contribution is 0.224. The third-order valence-electron chi connectivity index (χ3n) is 2.87. The number of hydrogen-bond donors (Lipinski definition) is 1. The number of nitrogens with zero attached hydrogens (tertiary/aromatic N) is 1. The van der Waals surface area contributed by atoms with Gasteiger partial charge < -0.3 is 9.47 Å². The van der Waals surface area contributed by atoms with Crippen LogP contribution in [0.25, 0.3) is 0 Å². The molecule has 0 aliphatic carbocycles. The minimum Gasteiger partial charge on any atom is -0.490 e. The van der Waals surface area contributed by atoms with Gasteiger partial charge in [0.25, 0.3) is 0 Å². The number of ether oxygens (including phenoxy) is 2. The van der Waals surface area contributed by atoms with Crippen LogP contribution in [0.5, 0.6) is 11.5 Å². The Morgan fingerprint density at radius 1 is 1.22 bits per heavy atom. The Morgan fingerprint density at radius 3 is 2.61 bits per heavy atom. The molecule has 0 saturated carbocycles. The fraction of sp³-hybridized carbons (Fsp3) is 0.278. The quantitative estimate of drug-likeness (QED) is 0.575. The molecule has 0 radical (unpaired) electrons. The van der Waals surface area contributed by atoms with Gasteiger partial charge in [-0.1, -0.05) is 29.8 Å². The first-order valence-corrected chi connectivity index (χ1v) is 7.95. The minimum absolute atomic E-state index is 0.0194. The van der Waals surface area contributed by atoms with Gasteiger partial charge in [0.1, 0.15) is 0 Å². The van der Waals surface area contributed by atoms with E-state index < -0.39 is 0 Å². The molecule has 1 N–H and O–H groups in total. The zero-order valence-corrected chi connectivity index (χ0v) is 14.3. The largest absolute Gasteiger partial charge is 0.490 e. The zero-order chi connectivity index (χ0) is 16.7. The molecule has 0 fully saturated rings. The van der Waals surface area contributed by atoms with Gasteiger partial charge in [-0.3, -0.25) is 5.43 Å². The molecule has 0 aliphatic heterocycles. The molecule has 2 aromatic rings. The highest BCUT2D eigenvalue weighted by atomic mass is 35.5. The number of hydrogen-bond acceptors (Lipinski definition) is 4. The summed E-state index contributed by atoms with van der Waals surface area (Å²) in [4.78, 5) is 0. The van der Waals surface area contributed by atoms with E-state index in [9.17, 15) is 0 Å². The van der Waals surface area contributed by atoms with Gasteiger partial charge in [0.05, 0.1) is 29.6 Å². The van der Waals surface area contributed by atoms with Crippen molar-refractivity contribution >= 4 is 23.5 Å². The number of hydrazone groups is 1. The summed E-state index contributed by atoms with van der Waals surface area (Å²) in [6.45, 7) is 6.36. The lowest BCUT2D eigenvalue weighted by Gasteiger charge is -2.16. The van der Waals surface area contributed by atoms with Crippen LogP contribution in [-0.4, -0.2) is 18.9 Å². The maximum absolute atomic E-state index is 6.32. The number of nitrogens with one attached hydrogen (secondary N) is 1. The van der Waals surface area contributed by atoms with Crippen LogP contribution in [0.4, 0.5) is 5.69 Å². The topological polar surface area (TPSA) is 42.8 Å². The summed E-state index contributed by atoms with van der Waals surface area (Å²) in [5.41, 5.74) is 4.71. The third-order valence-corrected chi connectivity index (χ3v) is 3.15. The van der Waals surface area contributed by atoms with Gasteiger partial charge in [-0.15, -0.1) is 0 Å². The van der Waals surface area contributed by atoms with E-state index in [2.05, 4.69) is 10.5 Å². The van der Waals surface area contributed by atoms with E-state index in [0.29, 0.717) is 23.1 Å². The molecule has 23 heavy (non-hydrogen) atoms.